The molecule has 0 bridgehead atoms. The van der Waals surface area contributed by atoms with E-state index < -0.39 is 12.1 Å². The molecule has 0 saturated carbocycles. The van der Waals surface area contributed by atoms with E-state index >= 15 is 0 Å². The Morgan fingerprint density at radius 3 is 2.95 bits per heavy atom. The summed E-state index contributed by atoms with van der Waals surface area (Å²) in [7, 11) is 2.97. The van der Waals surface area contributed by atoms with Crippen molar-refractivity contribution in [3.8, 4) is 5.75 Å². The van der Waals surface area contributed by atoms with Gasteiger partial charge >= 0.3 is 5.97 Å². The number of hydrogen-bond acceptors (Lipinski definition) is 5. The second-order valence-electron chi connectivity index (χ2n) is 4.43. The Morgan fingerprint density at radius 2 is 2.24 bits per heavy atom. The van der Waals surface area contributed by atoms with E-state index in [0.29, 0.717) is 30.6 Å². The van der Waals surface area contributed by atoms with Crippen LogP contribution >= 0.6 is 12.2 Å². The number of carbonyl (C=O) groups is 1. The quantitative estimate of drug-likeness (QED) is 0.505. The molecule has 7 heteroatoms. The Balaban J connectivity index is 2.18. The van der Waals surface area contributed by atoms with Crippen molar-refractivity contribution < 1.29 is 19.0 Å². The number of methoxy groups -OCH3 is 2. The number of fused-ring (bicyclic) bond motifs is 1. The van der Waals surface area contributed by atoms with Crippen LogP contribution in [0.2, 0.25) is 0 Å². The zero-order valence-electron chi connectivity index (χ0n) is 12.0. The van der Waals surface area contributed by atoms with Crippen molar-refractivity contribution in [2.75, 3.05) is 38.8 Å². The number of esters is 1. The predicted molar refractivity (Wildman–Crippen MR) is 82.7 cm³/mol. The molecule has 0 unspecified atom stereocenters. The van der Waals surface area contributed by atoms with Gasteiger partial charge in [-0.2, -0.15) is 0 Å². The molecule has 0 aromatic heterocycles. The summed E-state index contributed by atoms with van der Waals surface area (Å²) in [6.07, 6.45) is -0.702. The minimum atomic E-state index is -0.702. The van der Waals surface area contributed by atoms with Gasteiger partial charge in [0.15, 0.2) is 5.11 Å². The van der Waals surface area contributed by atoms with Gasteiger partial charge in [0, 0.05) is 13.7 Å². The molecule has 1 N–H and O–H groups in total. The fourth-order valence-corrected chi connectivity index (χ4v) is 2.31. The van der Waals surface area contributed by atoms with Crippen LogP contribution in [0.4, 0.5) is 5.69 Å². The van der Waals surface area contributed by atoms with Crippen LogP contribution in [0.1, 0.15) is 0 Å². The Labute approximate surface area is 129 Å². The van der Waals surface area contributed by atoms with E-state index in [1.807, 2.05) is 23.1 Å². The lowest BCUT2D eigenvalue weighted by Gasteiger charge is -2.35. The number of carbonyl (C=O) groups excluding carboxylic acids is 1. The van der Waals surface area contributed by atoms with Gasteiger partial charge in [0.05, 0.1) is 25.9 Å². The minimum absolute atomic E-state index is 0.308. The number of nitrogens with zero attached hydrogens (tertiary/aromatic N) is 1. The molecule has 1 aromatic carbocycles. The molecule has 1 atom stereocenters. The highest BCUT2D eigenvalue weighted by molar-refractivity contribution is 7.80. The first kappa shape index (κ1) is 15.5. The van der Waals surface area contributed by atoms with E-state index in [2.05, 4.69) is 5.32 Å². The standard InChI is InChI=1S/C14H18N2O4S/c1-18-8-7-15-14(21)16-9-12(13(17)19-2)20-11-6-4-3-5-10(11)16/h3-6,12H,7-9H2,1-2H3,(H,15,21)/t12-/m0/s1. The number of thiocarbonyl (C=S) groups is 1. The summed E-state index contributed by atoms with van der Waals surface area (Å²) in [4.78, 5) is 13.6. The first-order chi connectivity index (χ1) is 10.2. The van der Waals surface area contributed by atoms with E-state index in [1.165, 1.54) is 7.11 Å². The van der Waals surface area contributed by atoms with Crippen LogP contribution in [0, 0.1) is 0 Å². The van der Waals surface area contributed by atoms with E-state index in [0.717, 1.165) is 5.69 Å². The molecule has 0 radical (unpaired) electrons. The van der Waals surface area contributed by atoms with Crippen LogP contribution < -0.4 is 15.0 Å². The molecule has 21 heavy (non-hydrogen) atoms. The number of hydrogen-bond donors (Lipinski definition) is 1. The monoisotopic (exact) mass is 310 g/mol. The van der Waals surface area contributed by atoms with Gasteiger partial charge in [-0.3, -0.25) is 0 Å². The number of nitrogens with one attached hydrogen (secondary N) is 1. The average molecular weight is 310 g/mol. The zero-order chi connectivity index (χ0) is 15.2. The largest absolute Gasteiger partial charge is 0.475 e. The third kappa shape index (κ3) is 3.62. The van der Waals surface area contributed by atoms with Crippen molar-refractivity contribution in [3.05, 3.63) is 24.3 Å². The van der Waals surface area contributed by atoms with Gasteiger partial charge in [-0.25, -0.2) is 4.79 Å². The van der Waals surface area contributed by atoms with E-state index in [9.17, 15) is 4.79 Å². The topological polar surface area (TPSA) is 60.0 Å². The lowest BCUT2D eigenvalue weighted by atomic mass is 10.2. The highest BCUT2D eigenvalue weighted by atomic mass is 32.1. The highest BCUT2D eigenvalue weighted by Crippen LogP contribution is 2.33. The molecular formula is C14H18N2O4S. The third-order valence-electron chi connectivity index (χ3n) is 3.07. The van der Waals surface area contributed by atoms with Crippen molar-refractivity contribution in [1.29, 1.82) is 0 Å². The van der Waals surface area contributed by atoms with Crippen LogP contribution in [0.25, 0.3) is 0 Å². The summed E-state index contributed by atoms with van der Waals surface area (Å²) in [5.74, 6) is 0.184. The molecule has 1 heterocycles. The predicted octanol–water partition coefficient (Wildman–Crippen LogP) is 0.948. The summed E-state index contributed by atoms with van der Waals surface area (Å²) >= 11 is 5.39. The van der Waals surface area contributed by atoms with Crippen molar-refractivity contribution >= 4 is 29.0 Å². The minimum Gasteiger partial charge on any atom is -0.475 e. The molecular weight excluding hydrogens is 292 g/mol. The van der Waals surface area contributed by atoms with E-state index in [4.69, 9.17) is 26.4 Å². The van der Waals surface area contributed by atoms with E-state index in [1.54, 1.807) is 13.2 Å². The van der Waals surface area contributed by atoms with Gasteiger partial charge in [-0.05, 0) is 24.4 Å². The number of ether oxygens (including phenoxy) is 3. The maximum absolute atomic E-state index is 11.7. The zero-order valence-corrected chi connectivity index (χ0v) is 12.8. The molecule has 1 aliphatic heterocycles. The molecule has 0 amide bonds. The maximum Gasteiger partial charge on any atom is 0.348 e. The lowest BCUT2D eigenvalue weighted by molar-refractivity contribution is -0.148. The Morgan fingerprint density at radius 1 is 1.48 bits per heavy atom. The first-order valence-electron chi connectivity index (χ1n) is 6.55. The van der Waals surface area contributed by atoms with Gasteiger partial charge < -0.3 is 24.4 Å². The smallest absolute Gasteiger partial charge is 0.348 e. The second kappa shape index (κ2) is 7.24. The Kier molecular flexibility index (Phi) is 5.35. The van der Waals surface area contributed by atoms with Crippen LogP contribution in [-0.2, 0) is 14.3 Å². The molecule has 114 valence electrons. The summed E-state index contributed by atoms with van der Waals surface area (Å²) in [6.45, 7) is 1.45. The van der Waals surface area contributed by atoms with Crippen molar-refractivity contribution in [3.63, 3.8) is 0 Å². The summed E-state index contributed by atoms with van der Waals surface area (Å²) in [5, 5.41) is 3.62. The van der Waals surface area contributed by atoms with Crippen LogP contribution in [0.3, 0.4) is 0 Å². The van der Waals surface area contributed by atoms with Gasteiger partial charge in [0.1, 0.15) is 5.75 Å². The fraction of sp³-hybridized carbons (Fsp3) is 0.429. The van der Waals surface area contributed by atoms with E-state index in [-0.39, 0.29) is 0 Å². The molecule has 0 fully saturated rings. The SMILES string of the molecule is COCCNC(=S)N1C[C@@H](C(=O)OC)Oc2ccccc21. The number of anilines is 1. The Hall–Kier alpha value is -1.86. The van der Waals surface area contributed by atoms with Crippen LogP contribution in [0.5, 0.6) is 5.75 Å². The van der Waals surface area contributed by atoms with Crippen LogP contribution in [0.15, 0.2) is 24.3 Å². The van der Waals surface area contributed by atoms with Crippen molar-refractivity contribution in [1.82, 2.24) is 5.32 Å². The summed E-state index contributed by atoms with van der Waals surface area (Å²) < 4.78 is 15.4. The molecule has 0 saturated heterocycles. The van der Waals surface area contributed by atoms with Gasteiger partial charge in [0.2, 0.25) is 6.10 Å². The number of rotatable bonds is 4. The normalized spacial score (nSPS) is 16.7. The molecule has 1 aliphatic rings. The molecule has 6 nitrogen and oxygen atoms in total. The second-order valence-corrected chi connectivity index (χ2v) is 4.82. The van der Waals surface area contributed by atoms with Crippen molar-refractivity contribution in [2.45, 2.75) is 6.10 Å². The molecule has 2 rings (SSSR count). The van der Waals surface area contributed by atoms with Crippen LogP contribution in [-0.4, -0.2) is 51.1 Å². The molecule has 0 spiro atoms. The van der Waals surface area contributed by atoms with Gasteiger partial charge in [0.25, 0.3) is 0 Å². The number of benzene rings is 1. The average Bonchev–Trinajstić information content (AvgIpc) is 2.53. The lowest BCUT2D eigenvalue weighted by Crippen LogP contribution is -2.51. The maximum atomic E-state index is 11.7. The van der Waals surface area contributed by atoms with Crippen molar-refractivity contribution in [2.24, 2.45) is 0 Å². The Bertz CT molecular complexity index is 523. The molecule has 1 aromatic rings. The highest BCUT2D eigenvalue weighted by Gasteiger charge is 2.32. The summed E-state index contributed by atoms with van der Waals surface area (Å²) in [5.41, 5.74) is 0.826. The van der Waals surface area contributed by atoms with Gasteiger partial charge in [-0.1, -0.05) is 12.1 Å². The first-order valence-corrected chi connectivity index (χ1v) is 6.96. The molecule has 0 aliphatic carbocycles. The number of para-hydroxylation sites is 2. The fourth-order valence-electron chi connectivity index (χ4n) is 2.04. The van der Waals surface area contributed by atoms with Gasteiger partial charge in [-0.15, -0.1) is 0 Å². The third-order valence-corrected chi connectivity index (χ3v) is 3.43. The summed E-state index contributed by atoms with van der Waals surface area (Å²) in [6, 6.07) is 7.44.